The molecule has 0 saturated carbocycles. The number of hydrogen-bond donors (Lipinski definition) is 0. The molecule has 58 valence electrons. The van der Waals surface area contributed by atoms with Crippen molar-refractivity contribution in [1.29, 1.82) is 0 Å². The van der Waals surface area contributed by atoms with E-state index < -0.39 is 0 Å². The van der Waals surface area contributed by atoms with E-state index in [4.69, 9.17) is 0 Å². The van der Waals surface area contributed by atoms with E-state index >= 15 is 0 Å². The van der Waals surface area contributed by atoms with E-state index in [9.17, 15) is 9.13 Å². The normalized spacial score (nSPS) is 10.8. The first-order chi connectivity index (χ1) is 4.91. The molecule has 0 fully saturated rings. The van der Waals surface area contributed by atoms with Gasteiger partial charge in [0, 0.05) is 0 Å². The summed E-state index contributed by atoms with van der Waals surface area (Å²) in [5.74, 6) is 0. The van der Waals surface area contributed by atoms with Crippen molar-refractivity contribution in [2.75, 3.05) is 13.2 Å². The standard InChI is InChI=1S/C4H8O4P2/c5-9-7-3-1-2-4-8-10-6/h1-4H2. The lowest BCUT2D eigenvalue weighted by atomic mass is 10.3. The van der Waals surface area contributed by atoms with Gasteiger partial charge in [0.25, 0.3) is 0 Å². The predicted octanol–water partition coefficient (Wildman–Crippen LogP) is 2.21. The van der Waals surface area contributed by atoms with Gasteiger partial charge in [-0.25, -0.2) is 9.13 Å². The topological polar surface area (TPSA) is 52.6 Å². The van der Waals surface area contributed by atoms with Crippen molar-refractivity contribution in [3.63, 3.8) is 0 Å². The summed E-state index contributed by atoms with van der Waals surface area (Å²) in [6.07, 6.45) is 1.54. The van der Waals surface area contributed by atoms with Crippen LogP contribution >= 0.6 is 17.4 Å². The summed E-state index contributed by atoms with van der Waals surface area (Å²) in [7, 11) is -0.573. The van der Waals surface area contributed by atoms with Gasteiger partial charge in [-0.15, -0.1) is 0 Å². The van der Waals surface area contributed by atoms with Gasteiger partial charge in [-0.1, -0.05) is 0 Å². The lowest BCUT2D eigenvalue weighted by Crippen LogP contribution is -1.88. The lowest BCUT2D eigenvalue weighted by Gasteiger charge is -1.93. The zero-order chi connectivity index (χ0) is 7.66. The average molecular weight is 182 g/mol. The monoisotopic (exact) mass is 182 g/mol. The molecule has 0 radical (unpaired) electrons. The number of unbranched alkanes of at least 4 members (excludes halogenated alkanes) is 1. The van der Waals surface area contributed by atoms with E-state index in [0.29, 0.717) is 13.2 Å². The van der Waals surface area contributed by atoms with Crippen LogP contribution in [0.4, 0.5) is 0 Å². The average Bonchev–Trinajstić information content (AvgIpc) is 1.97. The molecule has 0 aromatic carbocycles. The Balaban J connectivity index is 2.76. The highest BCUT2D eigenvalue weighted by Gasteiger charge is 1.88. The second kappa shape index (κ2) is 9.12. The summed E-state index contributed by atoms with van der Waals surface area (Å²) in [4.78, 5) is 0. The molecule has 0 aromatic rings. The molecule has 4 nitrogen and oxygen atoms in total. The highest BCUT2D eigenvalue weighted by Crippen LogP contribution is 2.01. The predicted molar refractivity (Wildman–Crippen MR) is 36.4 cm³/mol. The van der Waals surface area contributed by atoms with Crippen molar-refractivity contribution >= 4 is 17.4 Å². The molecule has 0 rings (SSSR count). The highest BCUT2D eigenvalue weighted by molar-refractivity contribution is 7.17. The van der Waals surface area contributed by atoms with E-state index in [0.717, 1.165) is 12.8 Å². The summed E-state index contributed by atoms with van der Waals surface area (Å²) in [6, 6.07) is 0. The van der Waals surface area contributed by atoms with Gasteiger partial charge in [0.15, 0.2) is 0 Å². The summed E-state index contributed by atoms with van der Waals surface area (Å²) in [6.45, 7) is 0.897. The fourth-order valence-corrected chi connectivity index (χ4v) is 0.815. The maximum absolute atomic E-state index is 9.69. The highest BCUT2D eigenvalue weighted by atomic mass is 31.1. The third-order valence-corrected chi connectivity index (χ3v) is 1.40. The van der Waals surface area contributed by atoms with E-state index in [-0.39, 0.29) is 17.4 Å². The third-order valence-electron chi connectivity index (χ3n) is 0.827. The molecule has 0 aliphatic rings. The Kier molecular flexibility index (Phi) is 9.23. The van der Waals surface area contributed by atoms with Gasteiger partial charge in [0.05, 0.1) is 13.2 Å². The van der Waals surface area contributed by atoms with Gasteiger partial charge in [0.2, 0.25) is 0 Å². The van der Waals surface area contributed by atoms with Crippen molar-refractivity contribution in [3.05, 3.63) is 0 Å². The van der Waals surface area contributed by atoms with Crippen LogP contribution < -0.4 is 0 Å². The van der Waals surface area contributed by atoms with Gasteiger partial charge >= 0.3 is 17.4 Å². The molecule has 0 aromatic heterocycles. The van der Waals surface area contributed by atoms with Crippen LogP contribution in [-0.2, 0) is 18.2 Å². The van der Waals surface area contributed by atoms with E-state index in [1.807, 2.05) is 0 Å². The van der Waals surface area contributed by atoms with Crippen molar-refractivity contribution in [2.24, 2.45) is 0 Å². The smallest absolute Gasteiger partial charge is 0.294 e. The molecule has 0 amide bonds. The second-order valence-corrected chi connectivity index (χ2v) is 2.34. The Morgan fingerprint density at radius 3 is 1.60 bits per heavy atom. The number of rotatable bonds is 7. The van der Waals surface area contributed by atoms with Crippen molar-refractivity contribution in [1.82, 2.24) is 0 Å². The van der Waals surface area contributed by atoms with E-state index in [1.54, 1.807) is 0 Å². The molecular weight excluding hydrogens is 174 g/mol. The van der Waals surface area contributed by atoms with Crippen LogP contribution in [0.2, 0.25) is 0 Å². The SMILES string of the molecule is O=POCCCCOP=O. The molecule has 0 aliphatic heterocycles. The first kappa shape index (κ1) is 10.1. The Morgan fingerprint density at radius 2 is 1.30 bits per heavy atom. The fourth-order valence-electron chi connectivity index (χ4n) is 0.408. The number of hydrogen-bond acceptors (Lipinski definition) is 4. The zero-order valence-corrected chi connectivity index (χ0v) is 7.14. The molecule has 10 heavy (non-hydrogen) atoms. The Bertz CT molecular complexity index is 85.3. The molecule has 0 heterocycles. The molecular formula is C4H8O4P2. The van der Waals surface area contributed by atoms with Gasteiger partial charge in [-0.3, -0.25) is 9.05 Å². The Morgan fingerprint density at radius 1 is 0.900 bits per heavy atom. The van der Waals surface area contributed by atoms with Gasteiger partial charge in [0.1, 0.15) is 0 Å². The van der Waals surface area contributed by atoms with Crippen LogP contribution in [0.5, 0.6) is 0 Å². The van der Waals surface area contributed by atoms with Gasteiger partial charge in [-0.05, 0) is 12.8 Å². The van der Waals surface area contributed by atoms with E-state index in [1.165, 1.54) is 0 Å². The molecule has 0 N–H and O–H groups in total. The van der Waals surface area contributed by atoms with Crippen molar-refractivity contribution in [3.8, 4) is 0 Å². The van der Waals surface area contributed by atoms with Crippen LogP contribution in [0.3, 0.4) is 0 Å². The fraction of sp³-hybridized carbons (Fsp3) is 1.00. The minimum Gasteiger partial charge on any atom is -0.294 e. The summed E-state index contributed by atoms with van der Waals surface area (Å²) in [5.41, 5.74) is 0. The van der Waals surface area contributed by atoms with Crippen LogP contribution in [0.1, 0.15) is 12.8 Å². The van der Waals surface area contributed by atoms with E-state index in [2.05, 4.69) is 9.05 Å². The minimum absolute atomic E-state index is 0.287. The first-order valence-corrected chi connectivity index (χ1v) is 4.27. The molecule has 0 bridgehead atoms. The first-order valence-electron chi connectivity index (χ1n) is 2.81. The maximum atomic E-state index is 9.69. The molecule has 0 aliphatic carbocycles. The molecule has 0 unspecified atom stereocenters. The summed E-state index contributed by atoms with van der Waals surface area (Å²) in [5, 5.41) is 0. The van der Waals surface area contributed by atoms with Crippen LogP contribution in [0.25, 0.3) is 0 Å². The van der Waals surface area contributed by atoms with Crippen LogP contribution in [-0.4, -0.2) is 13.2 Å². The summed E-state index contributed by atoms with van der Waals surface area (Å²) < 4.78 is 28.4. The Hall–Kier alpha value is 0.120. The quantitative estimate of drug-likeness (QED) is 0.447. The van der Waals surface area contributed by atoms with Gasteiger partial charge < -0.3 is 0 Å². The summed E-state index contributed by atoms with van der Waals surface area (Å²) >= 11 is 0. The molecule has 0 spiro atoms. The molecule has 0 atom stereocenters. The van der Waals surface area contributed by atoms with Crippen LogP contribution in [0.15, 0.2) is 0 Å². The van der Waals surface area contributed by atoms with Crippen molar-refractivity contribution in [2.45, 2.75) is 12.8 Å². The van der Waals surface area contributed by atoms with Gasteiger partial charge in [-0.2, -0.15) is 0 Å². The maximum Gasteiger partial charge on any atom is 0.327 e. The largest absolute Gasteiger partial charge is 0.327 e. The minimum atomic E-state index is -0.287. The molecule has 6 heteroatoms. The van der Waals surface area contributed by atoms with Crippen LogP contribution in [0, 0.1) is 0 Å². The Labute approximate surface area is 62.5 Å². The van der Waals surface area contributed by atoms with Crippen molar-refractivity contribution < 1.29 is 18.2 Å². The molecule has 0 saturated heterocycles. The second-order valence-electron chi connectivity index (χ2n) is 1.52. The lowest BCUT2D eigenvalue weighted by molar-refractivity contribution is 0.290. The zero-order valence-electron chi connectivity index (χ0n) is 5.36. The third kappa shape index (κ3) is 8.12.